The van der Waals surface area contributed by atoms with Gasteiger partial charge in [-0.25, -0.2) is 4.79 Å². The van der Waals surface area contributed by atoms with Crippen molar-refractivity contribution in [2.75, 3.05) is 0 Å². The molecule has 4 rings (SSSR count). The van der Waals surface area contributed by atoms with E-state index in [0.29, 0.717) is 11.1 Å². The first-order valence-electron chi connectivity index (χ1n) is 10.7. The van der Waals surface area contributed by atoms with Gasteiger partial charge in [-0.1, -0.05) is 78.9 Å². The summed E-state index contributed by atoms with van der Waals surface area (Å²) >= 11 is 0. The molecule has 35 heavy (non-hydrogen) atoms. The van der Waals surface area contributed by atoms with E-state index in [1.165, 1.54) is 36.4 Å². The summed E-state index contributed by atoms with van der Waals surface area (Å²) < 4.78 is 5.66. The van der Waals surface area contributed by atoms with Crippen LogP contribution in [0.25, 0.3) is 0 Å². The lowest BCUT2D eigenvalue weighted by molar-refractivity contribution is -0.384. The van der Waals surface area contributed by atoms with Crippen molar-refractivity contribution in [1.29, 1.82) is 0 Å². The number of esters is 1. The van der Waals surface area contributed by atoms with E-state index in [1.807, 2.05) is 0 Å². The summed E-state index contributed by atoms with van der Waals surface area (Å²) in [5.41, 5.74) is 0.958. The Morgan fingerprint density at radius 2 is 1.17 bits per heavy atom. The van der Waals surface area contributed by atoms with Crippen molar-refractivity contribution in [3.63, 3.8) is 0 Å². The fraction of sp³-hybridized carbons (Fsp3) is 0.0357. The lowest BCUT2D eigenvalue weighted by Gasteiger charge is -2.18. The third-order valence-electron chi connectivity index (χ3n) is 5.36. The summed E-state index contributed by atoms with van der Waals surface area (Å²) in [6.07, 6.45) is -1.37. The number of nitro benzene ring substituents is 1. The lowest BCUT2D eigenvalue weighted by Crippen LogP contribution is -2.22. The van der Waals surface area contributed by atoms with Gasteiger partial charge in [-0.15, -0.1) is 0 Å². The molecule has 7 heteroatoms. The Morgan fingerprint density at radius 1 is 0.657 bits per heavy atom. The highest BCUT2D eigenvalue weighted by Crippen LogP contribution is 2.27. The number of carbonyl (C=O) groups excluding carboxylic acids is 3. The second-order valence-electron chi connectivity index (χ2n) is 7.60. The van der Waals surface area contributed by atoms with Crippen LogP contribution in [0.3, 0.4) is 0 Å². The van der Waals surface area contributed by atoms with E-state index in [0.717, 1.165) is 0 Å². The molecule has 172 valence electrons. The van der Waals surface area contributed by atoms with Crippen molar-refractivity contribution in [2.45, 2.75) is 6.10 Å². The highest BCUT2D eigenvalue weighted by Gasteiger charge is 2.29. The van der Waals surface area contributed by atoms with E-state index in [1.54, 1.807) is 72.8 Å². The fourth-order valence-corrected chi connectivity index (χ4v) is 3.57. The van der Waals surface area contributed by atoms with Crippen LogP contribution in [0.1, 0.15) is 48.3 Å². The number of ketones is 2. The predicted octanol–water partition coefficient (Wildman–Crippen LogP) is 5.61. The predicted molar refractivity (Wildman–Crippen MR) is 128 cm³/mol. The molecule has 4 aromatic rings. The zero-order chi connectivity index (χ0) is 24.8. The number of rotatable bonds is 8. The van der Waals surface area contributed by atoms with Crippen molar-refractivity contribution in [3.8, 4) is 0 Å². The van der Waals surface area contributed by atoms with Crippen LogP contribution in [-0.2, 0) is 4.74 Å². The summed E-state index contributed by atoms with van der Waals surface area (Å²) in [6, 6.07) is 28.2. The normalized spacial score (nSPS) is 11.3. The zero-order valence-corrected chi connectivity index (χ0v) is 18.4. The topological polar surface area (TPSA) is 104 Å². The molecule has 7 nitrogen and oxygen atoms in total. The van der Waals surface area contributed by atoms with Crippen molar-refractivity contribution in [1.82, 2.24) is 0 Å². The van der Waals surface area contributed by atoms with Gasteiger partial charge in [0.2, 0.25) is 5.78 Å². The molecular formula is C28H19NO6. The molecule has 0 saturated heterocycles. The van der Waals surface area contributed by atoms with Crippen LogP contribution in [0.2, 0.25) is 0 Å². The summed E-state index contributed by atoms with van der Waals surface area (Å²) in [5.74, 6) is -1.73. The standard InChI is InChI=1S/C28H19NO6/c30-25(19-9-3-1-4-10-19)23-13-7-8-14-24(23)28(32)35-27(26(31)20-11-5-2-6-12-20)21-15-17-22(18-16-21)29(33)34/h1-18,27H/t27-/m0/s1. The fourth-order valence-electron chi connectivity index (χ4n) is 3.57. The van der Waals surface area contributed by atoms with Gasteiger partial charge in [0.05, 0.1) is 10.5 Å². The molecule has 0 amide bonds. The van der Waals surface area contributed by atoms with E-state index in [-0.39, 0.29) is 28.2 Å². The average Bonchev–Trinajstić information content (AvgIpc) is 2.92. The Hall–Kier alpha value is -4.91. The minimum absolute atomic E-state index is 0.00845. The Bertz CT molecular complexity index is 1380. The van der Waals surface area contributed by atoms with Crippen LogP contribution in [0.4, 0.5) is 5.69 Å². The maximum absolute atomic E-state index is 13.3. The molecule has 0 aliphatic rings. The van der Waals surface area contributed by atoms with E-state index in [2.05, 4.69) is 0 Å². The number of Topliss-reactive ketones (excluding diaryl/α,β-unsaturated/α-hetero) is 1. The molecule has 0 aromatic heterocycles. The van der Waals surface area contributed by atoms with Crippen LogP contribution < -0.4 is 0 Å². The number of hydrogen-bond acceptors (Lipinski definition) is 6. The molecule has 4 aromatic carbocycles. The van der Waals surface area contributed by atoms with Crippen molar-refractivity contribution in [3.05, 3.63) is 147 Å². The quantitative estimate of drug-likeness (QED) is 0.145. The van der Waals surface area contributed by atoms with Crippen molar-refractivity contribution >= 4 is 23.2 Å². The molecule has 0 spiro atoms. The van der Waals surface area contributed by atoms with Gasteiger partial charge in [0.15, 0.2) is 11.9 Å². The molecule has 0 aliphatic carbocycles. The Morgan fingerprint density at radius 3 is 1.74 bits per heavy atom. The third-order valence-corrected chi connectivity index (χ3v) is 5.36. The molecule has 0 unspecified atom stereocenters. The van der Waals surface area contributed by atoms with E-state index < -0.39 is 22.8 Å². The van der Waals surface area contributed by atoms with Crippen LogP contribution >= 0.6 is 0 Å². The highest BCUT2D eigenvalue weighted by molar-refractivity contribution is 6.14. The molecule has 0 aliphatic heterocycles. The second kappa shape index (κ2) is 10.4. The van der Waals surface area contributed by atoms with Crippen molar-refractivity contribution in [2.24, 2.45) is 0 Å². The number of nitrogens with zero attached hydrogens (tertiary/aromatic N) is 1. The summed E-state index contributed by atoms with van der Waals surface area (Å²) in [4.78, 5) is 50.1. The van der Waals surface area contributed by atoms with Crippen LogP contribution in [0.15, 0.2) is 109 Å². The number of hydrogen-bond donors (Lipinski definition) is 0. The van der Waals surface area contributed by atoms with Gasteiger partial charge in [0.25, 0.3) is 5.69 Å². The molecule has 0 heterocycles. The first-order chi connectivity index (χ1) is 17.0. The molecular weight excluding hydrogens is 446 g/mol. The molecule has 1 atom stereocenters. The van der Waals surface area contributed by atoms with Gasteiger partial charge in [0, 0.05) is 34.4 Å². The molecule has 0 saturated carbocycles. The van der Waals surface area contributed by atoms with Crippen LogP contribution in [-0.4, -0.2) is 22.5 Å². The summed E-state index contributed by atoms with van der Waals surface area (Å²) in [7, 11) is 0. The first-order valence-corrected chi connectivity index (χ1v) is 10.7. The SMILES string of the molecule is O=C(O[C@H](C(=O)c1ccccc1)c1ccc([N+](=O)[O-])cc1)c1ccccc1C(=O)c1ccccc1. The van der Waals surface area contributed by atoms with Gasteiger partial charge in [-0.05, 0) is 18.2 Å². The monoisotopic (exact) mass is 465 g/mol. The van der Waals surface area contributed by atoms with Crippen molar-refractivity contribution < 1.29 is 24.0 Å². The van der Waals surface area contributed by atoms with Crippen LogP contribution in [0, 0.1) is 10.1 Å². The van der Waals surface area contributed by atoms with Gasteiger partial charge in [-0.3, -0.25) is 19.7 Å². The molecule has 0 fully saturated rings. The Labute approximate surface area is 200 Å². The number of non-ortho nitro benzene ring substituents is 1. The number of nitro groups is 1. The van der Waals surface area contributed by atoms with E-state index in [9.17, 15) is 24.5 Å². The number of carbonyl (C=O) groups is 3. The minimum atomic E-state index is -1.37. The summed E-state index contributed by atoms with van der Waals surface area (Å²) in [5, 5.41) is 11.0. The van der Waals surface area contributed by atoms with Gasteiger partial charge >= 0.3 is 5.97 Å². The lowest BCUT2D eigenvalue weighted by atomic mass is 9.97. The van der Waals surface area contributed by atoms with Gasteiger partial charge in [-0.2, -0.15) is 0 Å². The van der Waals surface area contributed by atoms with Gasteiger partial charge in [0.1, 0.15) is 0 Å². The molecule has 0 bridgehead atoms. The summed E-state index contributed by atoms with van der Waals surface area (Å²) in [6.45, 7) is 0. The largest absolute Gasteiger partial charge is 0.445 e. The Kier molecular flexibility index (Phi) is 6.88. The smallest absolute Gasteiger partial charge is 0.339 e. The highest BCUT2D eigenvalue weighted by atomic mass is 16.6. The average molecular weight is 465 g/mol. The zero-order valence-electron chi connectivity index (χ0n) is 18.4. The minimum Gasteiger partial charge on any atom is -0.445 e. The maximum Gasteiger partial charge on any atom is 0.339 e. The molecule has 0 N–H and O–H groups in total. The maximum atomic E-state index is 13.3. The Balaban J connectivity index is 1.70. The van der Waals surface area contributed by atoms with E-state index in [4.69, 9.17) is 4.74 Å². The number of benzene rings is 4. The molecule has 0 radical (unpaired) electrons. The number of ether oxygens (including phenoxy) is 1. The third kappa shape index (κ3) is 5.20. The second-order valence-corrected chi connectivity index (χ2v) is 7.60. The van der Waals surface area contributed by atoms with Gasteiger partial charge < -0.3 is 4.74 Å². The van der Waals surface area contributed by atoms with Crippen LogP contribution in [0.5, 0.6) is 0 Å². The first kappa shape index (κ1) is 23.3. The van der Waals surface area contributed by atoms with E-state index >= 15 is 0 Å².